The minimum atomic E-state index is -0.874. The molecule has 3 rings (SSSR count). The Hall–Kier alpha value is -3.81. The highest BCUT2D eigenvalue weighted by Crippen LogP contribution is 2.24. The van der Waals surface area contributed by atoms with Crippen LogP contribution >= 0.6 is 0 Å². The molecule has 0 bridgehead atoms. The normalized spacial score (nSPS) is 10.6. The average molecular weight is 395 g/mol. The summed E-state index contributed by atoms with van der Waals surface area (Å²) in [5.74, 6) is -2.03. The van der Waals surface area contributed by atoms with Gasteiger partial charge in [-0.3, -0.25) is 4.79 Å². The van der Waals surface area contributed by atoms with Crippen molar-refractivity contribution in [3.05, 3.63) is 65.0 Å². The third-order valence-corrected chi connectivity index (χ3v) is 4.37. The van der Waals surface area contributed by atoms with Crippen LogP contribution < -0.4 is 5.32 Å². The molecule has 0 aliphatic carbocycles. The number of rotatable bonds is 5. The number of ether oxygens (including phenoxy) is 1. The van der Waals surface area contributed by atoms with E-state index in [9.17, 15) is 19.8 Å². The average Bonchev–Trinajstić information content (AvgIpc) is 2.95. The molecule has 2 aromatic carbocycles. The SMILES string of the molecule is Cc1ccc(-n2nc(C)c(NC(=O)COC(=O)c3ccc(O)cc3O)c2C)cc1. The summed E-state index contributed by atoms with van der Waals surface area (Å²) in [7, 11) is 0. The number of aryl methyl sites for hydroxylation is 2. The molecule has 1 amide bonds. The quantitative estimate of drug-likeness (QED) is 0.572. The number of phenolic OH excluding ortho intramolecular Hbond substituents is 2. The van der Waals surface area contributed by atoms with E-state index in [1.807, 2.05) is 38.1 Å². The number of anilines is 1. The van der Waals surface area contributed by atoms with Crippen LogP contribution in [0.3, 0.4) is 0 Å². The van der Waals surface area contributed by atoms with Gasteiger partial charge >= 0.3 is 5.97 Å². The van der Waals surface area contributed by atoms with Gasteiger partial charge in [0.15, 0.2) is 6.61 Å². The molecule has 29 heavy (non-hydrogen) atoms. The number of aromatic hydroxyl groups is 2. The first kappa shape index (κ1) is 19.9. The molecule has 3 N–H and O–H groups in total. The molecule has 8 heteroatoms. The molecule has 150 valence electrons. The van der Waals surface area contributed by atoms with Crippen molar-refractivity contribution in [3.8, 4) is 17.2 Å². The molecular formula is C21H21N3O5. The zero-order valence-corrected chi connectivity index (χ0v) is 16.3. The van der Waals surface area contributed by atoms with Gasteiger partial charge in [0.2, 0.25) is 0 Å². The maximum Gasteiger partial charge on any atom is 0.342 e. The molecule has 0 saturated carbocycles. The van der Waals surface area contributed by atoms with Gasteiger partial charge < -0.3 is 20.3 Å². The number of benzene rings is 2. The van der Waals surface area contributed by atoms with Crippen LogP contribution in [0.5, 0.6) is 11.5 Å². The summed E-state index contributed by atoms with van der Waals surface area (Å²) in [6.45, 7) is 5.06. The van der Waals surface area contributed by atoms with Crippen LogP contribution in [0, 0.1) is 20.8 Å². The Morgan fingerprint density at radius 2 is 1.76 bits per heavy atom. The van der Waals surface area contributed by atoms with E-state index in [-0.39, 0.29) is 11.3 Å². The monoisotopic (exact) mass is 395 g/mol. The molecule has 1 heterocycles. The largest absolute Gasteiger partial charge is 0.508 e. The summed E-state index contributed by atoms with van der Waals surface area (Å²) < 4.78 is 6.67. The van der Waals surface area contributed by atoms with Crippen LogP contribution in [0.25, 0.3) is 5.69 Å². The second kappa shape index (κ2) is 8.05. The van der Waals surface area contributed by atoms with Crippen molar-refractivity contribution in [3.63, 3.8) is 0 Å². The predicted octanol–water partition coefficient (Wildman–Crippen LogP) is 3.00. The maximum atomic E-state index is 12.3. The molecular weight excluding hydrogens is 374 g/mol. The van der Waals surface area contributed by atoms with Gasteiger partial charge in [-0.1, -0.05) is 17.7 Å². The lowest BCUT2D eigenvalue weighted by atomic mass is 10.2. The molecule has 1 aromatic heterocycles. The van der Waals surface area contributed by atoms with Crippen molar-refractivity contribution in [2.45, 2.75) is 20.8 Å². The summed E-state index contributed by atoms with van der Waals surface area (Å²) >= 11 is 0. The number of phenols is 2. The smallest absolute Gasteiger partial charge is 0.342 e. The van der Waals surface area contributed by atoms with Gasteiger partial charge in [-0.15, -0.1) is 0 Å². The van der Waals surface area contributed by atoms with Gasteiger partial charge in [0, 0.05) is 6.07 Å². The van der Waals surface area contributed by atoms with Crippen LogP contribution in [0.2, 0.25) is 0 Å². The molecule has 3 aromatic rings. The van der Waals surface area contributed by atoms with E-state index in [4.69, 9.17) is 4.74 Å². The van der Waals surface area contributed by atoms with Crippen molar-refractivity contribution in [2.75, 3.05) is 11.9 Å². The molecule has 0 aliphatic heterocycles. The highest BCUT2D eigenvalue weighted by Gasteiger charge is 2.18. The van der Waals surface area contributed by atoms with Gasteiger partial charge in [-0.2, -0.15) is 5.10 Å². The van der Waals surface area contributed by atoms with Crippen molar-refractivity contribution >= 4 is 17.6 Å². The highest BCUT2D eigenvalue weighted by molar-refractivity contribution is 5.97. The van der Waals surface area contributed by atoms with Crippen molar-refractivity contribution in [1.29, 1.82) is 0 Å². The Kier molecular flexibility index (Phi) is 5.54. The maximum absolute atomic E-state index is 12.3. The summed E-state index contributed by atoms with van der Waals surface area (Å²) in [5.41, 5.74) is 3.76. The van der Waals surface area contributed by atoms with Crippen LogP contribution in [0.15, 0.2) is 42.5 Å². The van der Waals surface area contributed by atoms with Crippen LogP contribution in [0.4, 0.5) is 5.69 Å². The Balaban J connectivity index is 1.68. The lowest BCUT2D eigenvalue weighted by Gasteiger charge is -2.09. The fourth-order valence-electron chi connectivity index (χ4n) is 2.84. The van der Waals surface area contributed by atoms with Crippen molar-refractivity contribution in [1.82, 2.24) is 9.78 Å². The Morgan fingerprint density at radius 3 is 2.41 bits per heavy atom. The predicted molar refractivity (Wildman–Crippen MR) is 106 cm³/mol. The zero-order chi connectivity index (χ0) is 21.1. The van der Waals surface area contributed by atoms with Gasteiger partial charge in [0.05, 0.1) is 22.8 Å². The van der Waals surface area contributed by atoms with Gasteiger partial charge in [-0.25, -0.2) is 9.48 Å². The van der Waals surface area contributed by atoms with Crippen LogP contribution in [-0.4, -0.2) is 38.5 Å². The van der Waals surface area contributed by atoms with E-state index in [2.05, 4.69) is 10.4 Å². The van der Waals surface area contributed by atoms with Gasteiger partial charge in [0.1, 0.15) is 17.1 Å². The summed E-state index contributed by atoms with van der Waals surface area (Å²) in [5, 5.41) is 26.1. The molecule has 0 radical (unpaired) electrons. The first-order valence-electron chi connectivity index (χ1n) is 8.88. The molecule has 0 atom stereocenters. The number of aromatic nitrogens is 2. The molecule has 0 saturated heterocycles. The number of hydrogen-bond acceptors (Lipinski definition) is 6. The number of hydrogen-bond donors (Lipinski definition) is 3. The zero-order valence-electron chi connectivity index (χ0n) is 16.3. The molecule has 8 nitrogen and oxygen atoms in total. The van der Waals surface area contributed by atoms with Gasteiger partial charge in [0.25, 0.3) is 5.91 Å². The molecule has 0 aliphatic rings. The topological polar surface area (TPSA) is 114 Å². The number of carbonyl (C=O) groups is 2. The van der Waals surface area contributed by atoms with E-state index >= 15 is 0 Å². The number of amides is 1. The minimum Gasteiger partial charge on any atom is -0.508 e. The first-order valence-corrected chi connectivity index (χ1v) is 8.88. The van der Waals surface area contributed by atoms with E-state index in [0.29, 0.717) is 11.4 Å². The van der Waals surface area contributed by atoms with E-state index in [1.165, 1.54) is 12.1 Å². The van der Waals surface area contributed by atoms with Crippen molar-refractivity contribution in [2.24, 2.45) is 0 Å². The first-order chi connectivity index (χ1) is 13.8. The summed E-state index contributed by atoms with van der Waals surface area (Å²) in [6, 6.07) is 11.3. The Bertz CT molecular complexity index is 1070. The van der Waals surface area contributed by atoms with Crippen molar-refractivity contribution < 1.29 is 24.5 Å². The second-order valence-corrected chi connectivity index (χ2v) is 6.62. The van der Waals surface area contributed by atoms with Crippen LogP contribution in [0.1, 0.15) is 27.3 Å². The number of nitrogens with one attached hydrogen (secondary N) is 1. The molecule has 0 fully saturated rings. The standard InChI is InChI=1S/C21H21N3O5/c1-12-4-6-15(7-5-12)24-14(3)20(13(2)23-24)22-19(27)11-29-21(28)17-9-8-16(25)10-18(17)26/h4-10,25-26H,11H2,1-3H3,(H,22,27). The highest BCUT2D eigenvalue weighted by atomic mass is 16.5. The minimum absolute atomic E-state index is 0.143. The Labute approximate surface area is 167 Å². The van der Waals surface area contributed by atoms with Crippen LogP contribution in [-0.2, 0) is 9.53 Å². The van der Waals surface area contributed by atoms with E-state index in [1.54, 1.807) is 11.6 Å². The third kappa shape index (κ3) is 4.37. The second-order valence-electron chi connectivity index (χ2n) is 6.62. The Morgan fingerprint density at radius 1 is 1.07 bits per heavy atom. The van der Waals surface area contributed by atoms with Gasteiger partial charge in [-0.05, 0) is 45.0 Å². The number of esters is 1. The van der Waals surface area contributed by atoms with E-state index < -0.39 is 24.2 Å². The number of nitrogens with zero attached hydrogens (tertiary/aromatic N) is 2. The third-order valence-electron chi connectivity index (χ3n) is 4.37. The summed E-state index contributed by atoms with van der Waals surface area (Å²) in [6.07, 6.45) is 0. The lowest BCUT2D eigenvalue weighted by Crippen LogP contribution is -2.21. The summed E-state index contributed by atoms with van der Waals surface area (Å²) in [4.78, 5) is 24.3. The fraction of sp³-hybridized carbons (Fsp3) is 0.190. The van der Waals surface area contributed by atoms with E-state index in [0.717, 1.165) is 23.0 Å². The molecule has 0 unspecified atom stereocenters. The lowest BCUT2D eigenvalue weighted by molar-refractivity contribution is -0.119. The number of carbonyl (C=O) groups excluding carboxylic acids is 2. The molecule has 0 spiro atoms. The fourth-order valence-corrected chi connectivity index (χ4v) is 2.84.